The van der Waals surface area contributed by atoms with Gasteiger partial charge in [0.2, 0.25) is 0 Å². The Morgan fingerprint density at radius 3 is 2.71 bits per heavy atom. The third kappa shape index (κ3) is 4.26. The van der Waals surface area contributed by atoms with Crippen LogP contribution in [0.3, 0.4) is 0 Å². The lowest BCUT2D eigenvalue weighted by molar-refractivity contribution is 0.0958. The van der Waals surface area contributed by atoms with Crippen LogP contribution in [0.2, 0.25) is 0 Å². The van der Waals surface area contributed by atoms with Crippen LogP contribution in [-0.2, 0) is 6.54 Å². The second-order valence-corrected chi connectivity index (χ2v) is 7.01. The summed E-state index contributed by atoms with van der Waals surface area (Å²) in [6, 6.07) is 15.5. The van der Waals surface area contributed by atoms with Gasteiger partial charge in [0, 0.05) is 29.9 Å². The van der Waals surface area contributed by atoms with Crippen molar-refractivity contribution in [3.8, 4) is 23.6 Å². The van der Waals surface area contributed by atoms with Crippen molar-refractivity contribution in [1.82, 2.24) is 19.9 Å². The van der Waals surface area contributed by atoms with Gasteiger partial charge in [0.05, 0.1) is 12.2 Å². The summed E-state index contributed by atoms with van der Waals surface area (Å²) in [4.78, 5) is 16.6. The molecule has 2 aromatic carbocycles. The van der Waals surface area contributed by atoms with Crippen LogP contribution in [0.25, 0.3) is 16.9 Å². The van der Waals surface area contributed by atoms with Crippen LogP contribution in [0.1, 0.15) is 15.9 Å². The van der Waals surface area contributed by atoms with E-state index in [1.807, 2.05) is 20.0 Å². The minimum absolute atomic E-state index is 0.188. The van der Waals surface area contributed by atoms with Crippen molar-refractivity contribution in [2.24, 2.45) is 0 Å². The number of fused-ring (bicyclic) bond motifs is 1. The first kappa shape index (κ1) is 20.2. The van der Waals surface area contributed by atoms with Gasteiger partial charge in [-0.1, -0.05) is 30.2 Å². The largest absolute Gasteiger partial charge is 0.366 e. The summed E-state index contributed by atoms with van der Waals surface area (Å²) in [7, 11) is 1.91. The molecule has 0 fully saturated rings. The molecule has 152 valence electrons. The molecule has 4 rings (SSSR count). The van der Waals surface area contributed by atoms with Crippen LogP contribution in [0, 0.1) is 18.2 Å². The first-order valence-electron chi connectivity index (χ1n) is 9.71. The summed E-state index contributed by atoms with van der Waals surface area (Å²) < 4.78 is 16.0. The van der Waals surface area contributed by atoms with E-state index in [9.17, 15) is 9.18 Å². The molecule has 0 bridgehead atoms. The van der Waals surface area contributed by atoms with Gasteiger partial charge in [-0.25, -0.2) is 9.37 Å². The van der Waals surface area contributed by atoms with Gasteiger partial charge in [0.25, 0.3) is 5.91 Å². The predicted molar refractivity (Wildman–Crippen MR) is 121 cm³/mol. The van der Waals surface area contributed by atoms with Gasteiger partial charge in [-0.15, -0.1) is 6.42 Å². The predicted octanol–water partition coefficient (Wildman–Crippen LogP) is 1.77. The van der Waals surface area contributed by atoms with Crippen LogP contribution >= 0.6 is 0 Å². The maximum Gasteiger partial charge on any atom is 0.252 e. The van der Waals surface area contributed by atoms with Gasteiger partial charge in [-0.2, -0.15) is 9.61 Å². The lowest BCUT2D eigenvalue weighted by Crippen LogP contribution is -2.23. The van der Waals surface area contributed by atoms with Crippen LogP contribution < -0.4 is 16.1 Å². The van der Waals surface area contributed by atoms with Crippen LogP contribution in [-0.4, -0.2) is 34.9 Å². The molecule has 31 heavy (non-hydrogen) atoms. The summed E-state index contributed by atoms with van der Waals surface area (Å²) in [6.45, 7) is 0.675. The third-order valence-corrected chi connectivity index (χ3v) is 4.84. The number of nitrogens with zero attached hydrogens (tertiary/aromatic N) is 3. The van der Waals surface area contributed by atoms with E-state index in [0.717, 1.165) is 11.0 Å². The quantitative estimate of drug-likeness (QED) is 0.375. The maximum atomic E-state index is 14.3. The molecule has 8 heteroatoms. The number of terminal acetylenes is 1. The Balaban J connectivity index is 1.59. The Morgan fingerprint density at radius 1 is 1.19 bits per heavy atom. The van der Waals surface area contributed by atoms with Gasteiger partial charge in [-0.3, -0.25) is 4.79 Å². The Labute approximate surface area is 179 Å². The van der Waals surface area contributed by atoms with E-state index < -0.39 is 0 Å². The Kier molecular flexibility index (Phi) is 5.67. The highest BCUT2D eigenvalue weighted by Gasteiger charge is 2.13. The van der Waals surface area contributed by atoms with Crippen LogP contribution in [0.15, 0.2) is 60.8 Å². The average Bonchev–Trinajstić information content (AvgIpc) is 3.17. The van der Waals surface area contributed by atoms with Crippen molar-refractivity contribution in [2.75, 3.05) is 11.9 Å². The molecular weight excluding hydrogens is 392 g/mol. The lowest BCUT2D eigenvalue weighted by Gasteiger charge is -2.12. The fourth-order valence-electron chi connectivity index (χ4n) is 3.21. The lowest BCUT2D eigenvalue weighted by atomic mass is 10.0. The monoisotopic (exact) mass is 411 g/mol. The smallest absolute Gasteiger partial charge is 0.252 e. The highest BCUT2D eigenvalue weighted by atomic mass is 19.1. The summed E-state index contributed by atoms with van der Waals surface area (Å²) in [5, 5.41) is 10.4. The SMILES string of the molecule is Bc1cnn2c(NCc3ccc(C(=O)NCC#C)cc3)cc(-c3ccccc3F)nc12. The molecule has 6 nitrogen and oxygen atoms in total. The number of hydrogen-bond acceptors (Lipinski definition) is 4. The molecule has 0 unspecified atom stereocenters. The molecule has 1 amide bonds. The summed E-state index contributed by atoms with van der Waals surface area (Å²) in [6.07, 6.45) is 6.89. The second-order valence-electron chi connectivity index (χ2n) is 7.01. The van der Waals surface area contributed by atoms with E-state index in [2.05, 4.69) is 26.6 Å². The van der Waals surface area contributed by atoms with Gasteiger partial charge in [0.15, 0.2) is 5.65 Å². The van der Waals surface area contributed by atoms with Gasteiger partial charge in [-0.05, 0) is 35.3 Å². The van der Waals surface area contributed by atoms with E-state index in [4.69, 9.17) is 6.42 Å². The fourth-order valence-corrected chi connectivity index (χ4v) is 3.21. The first-order valence-corrected chi connectivity index (χ1v) is 9.71. The van der Waals surface area contributed by atoms with Crippen molar-refractivity contribution in [3.05, 3.63) is 77.7 Å². The van der Waals surface area contributed by atoms with Crippen molar-refractivity contribution >= 4 is 30.7 Å². The molecule has 2 N–H and O–H groups in total. The zero-order valence-electron chi connectivity index (χ0n) is 16.9. The number of rotatable bonds is 6. The van der Waals surface area contributed by atoms with E-state index in [0.29, 0.717) is 34.8 Å². The van der Waals surface area contributed by atoms with Gasteiger partial charge < -0.3 is 10.6 Å². The fraction of sp³-hybridized carbons (Fsp3) is 0.0870. The topological polar surface area (TPSA) is 71.3 Å². The third-order valence-electron chi connectivity index (χ3n) is 4.84. The normalized spacial score (nSPS) is 10.6. The molecule has 2 aromatic heterocycles. The summed E-state index contributed by atoms with van der Waals surface area (Å²) in [5.74, 6) is 2.52. The highest BCUT2D eigenvalue weighted by Crippen LogP contribution is 2.24. The molecule has 0 radical (unpaired) electrons. The summed E-state index contributed by atoms with van der Waals surface area (Å²) >= 11 is 0. The van der Waals surface area contributed by atoms with Crippen LogP contribution in [0.5, 0.6) is 0 Å². The molecule has 0 aliphatic rings. The molecule has 0 aliphatic carbocycles. The average molecular weight is 411 g/mol. The number of carbonyl (C=O) groups excluding carboxylic acids is 1. The van der Waals surface area contributed by atoms with Crippen molar-refractivity contribution in [2.45, 2.75) is 6.54 Å². The zero-order valence-corrected chi connectivity index (χ0v) is 16.9. The molecule has 4 aromatic rings. The number of anilines is 1. The van der Waals surface area contributed by atoms with Crippen LogP contribution in [0.4, 0.5) is 10.2 Å². The molecular formula is C23H19BFN5O. The zero-order chi connectivity index (χ0) is 21.8. The molecule has 0 saturated carbocycles. The number of amides is 1. The van der Waals surface area contributed by atoms with E-state index >= 15 is 0 Å². The standard InChI is InChI=1S/C23H19BFN5O/c1-2-11-26-23(31)16-9-7-15(8-10-16)13-27-21-12-20(17-5-3-4-6-19(17)25)29-22-18(24)14-28-30(21)22/h1,3-10,12,14,27H,11,13,24H2,(H,26,31). The minimum atomic E-state index is -0.332. The Hall–Kier alpha value is -4.12. The maximum absolute atomic E-state index is 14.3. The van der Waals surface area contributed by atoms with Crippen molar-refractivity contribution in [1.29, 1.82) is 0 Å². The molecule has 0 spiro atoms. The van der Waals surface area contributed by atoms with Gasteiger partial charge in [0.1, 0.15) is 19.5 Å². The number of hydrogen-bond donors (Lipinski definition) is 2. The molecule has 0 atom stereocenters. The van der Waals surface area contributed by atoms with E-state index in [-0.39, 0.29) is 18.3 Å². The van der Waals surface area contributed by atoms with Gasteiger partial charge >= 0.3 is 0 Å². The number of halogens is 1. The van der Waals surface area contributed by atoms with E-state index in [1.165, 1.54) is 6.07 Å². The summed E-state index contributed by atoms with van der Waals surface area (Å²) in [5.41, 5.74) is 4.00. The molecule has 0 aliphatic heterocycles. The number of nitrogens with one attached hydrogen (secondary N) is 2. The number of carbonyl (C=O) groups is 1. The highest BCUT2D eigenvalue weighted by molar-refractivity contribution is 6.36. The molecule has 2 heterocycles. The Morgan fingerprint density at radius 2 is 1.97 bits per heavy atom. The molecule has 0 saturated heterocycles. The Bertz CT molecular complexity index is 1290. The van der Waals surface area contributed by atoms with Crippen molar-refractivity contribution in [3.63, 3.8) is 0 Å². The second kappa shape index (κ2) is 8.72. The number of benzene rings is 2. The van der Waals surface area contributed by atoms with Crippen molar-refractivity contribution < 1.29 is 9.18 Å². The van der Waals surface area contributed by atoms with E-state index in [1.54, 1.807) is 47.1 Å². The number of aromatic nitrogens is 3. The first-order chi connectivity index (χ1) is 15.1. The minimum Gasteiger partial charge on any atom is -0.366 e.